The summed E-state index contributed by atoms with van der Waals surface area (Å²) in [5, 5.41) is 11.5. The van der Waals surface area contributed by atoms with Crippen LogP contribution in [0.3, 0.4) is 0 Å². The van der Waals surface area contributed by atoms with E-state index in [-0.39, 0.29) is 10.7 Å². The highest BCUT2D eigenvalue weighted by Crippen LogP contribution is 2.09. The van der Waals surface area contributed by atoms with Crippen molar-refractivity contribution < 1.29 is 12.8 Å². The van der Waals surface area contributed by atoms with Gasteiger partial charge in [0.25, 0.3) is 0 Å². The van der Waals surface area contributed by atoms with E-state index in [4.69, 9.17) is 5.14 Å². The average molecular weight is 378 g/mol. The van der Waals surface area contributed by atoms with Crippen molar-refractivity contribution in [1.82, 2.24) is 10.6 Å². The number of benzene rings is 2. The highest BCUT2D eigenvalue weighted by molar-refractivity contribution is 7.89. The molecule has 0 fully saturated rings. The quantitative estimate of drug-likeness (QED) is 0.505. The summed E-state index contributed by atoms with van der Waals surface area (Å²) in [7, 11) is -3.67. The van der Waals surface area contributed by atoms with Crippen LogP contribution in [0.25, 0.3) is 0 Å². The van der Waals surface area contributed by atoms with Crippen LogP contribution in [0.4, 0.5) is 4.39 Å². The van der Waals surface area contributed by atoms with Crippen LogP contribution in [0.2, 0.25) is 0 Å². The lowest BCUT2D eigenvalue weighted by molar-refractivity contribution is 0.597. The topological polar surface area (TPSA) is 96.6 Å². The zero-order chi connectivity index (χ0) is 19.0. The molecule has 0 saturated carbocycles. The van der Waals surface area contributed by atoms with E-state index in [0.29, 0.717) is 25.5 Å². The Morgan fingerprint density at radius 3 is 2.23 bits per heavy atom. The van der Waals surface area contributed by atoms with Crippen molar-refractivity contribution in [2.75, 3.05) is 13.1 Å². The maximum Gasteiger partial charge on any atom is 0.238 e. The fourth-order valence-electron chi connectivity index (χ4n) is 2.27. The summed E-state index contributed by atoms with van der Waals surface area (Å²) in [6.45, 7) is 3.77. The lowest BCUT2D eigenvalue weighted by Gasteiger charge is -2.11. The van der Waals surface area contributed by atoms with Crippen molar-refractivity contribution in [3.63, 3.8) is 0 Å². The van der Waals surface area contributed by atoms with Crippen molar-refractivity contribution >= 4 is 16.0 Å². The smallest absolute Gasteiger partial charge is 0.238 e. The van der Waals surface area contributed by atoms with Crippen LogP contribution < -0.4 is 15.8 Å². The summed E-state index contributed by atoms with van der Waals surface area (Å²) < 4.78 is 35.4. The minimum Gasteiger partial charge on any atom is -0.357 e. The van der Waals surface area contributed by atoms with Gasteiger partial charge >= 0.3 is 0 Å². The van der Waals surface area contributed by atoms with Gasteiger partial charge in [-0.3, -0.25) is 0 Å². The fraction of sp³-hybridized carbons (Fsp3) is 0.278. The van der Waals surface area contributed by atoms with E-state index in [1.807, 2.05) is 6.92 Å². The Balaban J connectivity index is 1.89. The van der Waals surface area contributed by atoms with Crippen molar-refractivity contribution in [2.45, 2.75) is 24.8 Å². The zero-order valence-electron chi connectivity index (χ0n) is 14.6. The first-order chi connectivity index (χ1) is 12.4. The molecule has 8 heteroatoms. The molecule has 0 aliphatic heterocycles. The third-order valence-corrected chi connectivity index (χ3v) is 4.56. The van der Waals surface area contributed by atoms with E-state index in [1.54, 1.807) is 24.3 Å². The van der Waals surface area contributed by atoms with E-state index in [2.05, 4.69) is 15.6 Å². The first-order valence-corrected chi connectivity index (χ1v) is 9.81. The second kappa shape index (κ2) is 9.30. The van der Waals surface area contributed by atoms with Crippen molar-refractivity contribution in [2.24, 2.45) is 10.1 Å². The molecule has 0 aliphatic carbocycles. The summed E-state index contributed by atoms with van der Waals surface area (Å²) in [5.74, 6) is 0.397. The molecule has 0 aliphatic rings. The largest absolute Gasteiger partial charge is 0.357 e. The Morgan fingerprint density at radius 1 is 1.04 bits per heavy atom. The number of sulfonamides is 1. The highest BCUT2D eigenvalue weighted by atomic mass is 32.2. The maximum absolute atomic E-state index is 12.9. The minimum absolute atomic E-state index is 0.100. The van der Waals surface area contributed by atoms with E-state index < -0.39 is 10.0 Å². The number of nitrogens with zero attached hydrogens (tertiary/aromatic N) is 1. The number of rotatable bonds is 7. The minimum atomic E-state index is -3.67. The normalized spacial score (nSPS) is 12.0. The van der Waals surface area contributed by atoms with Gasteiger partial charge in [0.15, 0.2) is 5.96 Å². The van der Waals surface area contributed by atoms with Crippen molar-refractivity contribution in [1.29, 1.82) is 0 Å². The van der Waals surface area contributed by atoms with Crippen LogP contribution >= 0.6 is 0 Å². The van der Waals surface area contributed by atoms with E-state index in [1.165, 1.54) is 24.3 Å². The second-order valence-electron chi connectivity index (χ2n) is 5.69. The van der Waals surface area contributed by atoms with Gasteiger partial charge in [-0.15, -0.1) is 0 Å². The Labute approximate surface area is 153 Å². The van der Waals surface area contributed by atoms with Gasteiger partial charge in [-0.2, -0.15) is 0 Å². The number of guanidine groups is 1. The molecule has 6 nitrogen and oxygen atoms in total. The molecule has 0 amide bonds. The van der Waals surface area contributed by atoms with E-state index in [0.717, 1.165) is 17.7 Å². The van der Waals surface area contributed by atoms with E-state index >= 15 is 0 Å². The molecule has 0 unspecified atom stereocenters. The van der Waals surface area contributed by atoms with E-state index in [9.17, 15) is 12.8 Å². The summed E-state index contributed by atoms with van der Waals surface area (Å²) in [6, 6.07) is 12.7. The molecule has 0 saturated heterocycles. The standard InChI is InChI=1S/C18H23FN4O2S/c1-2-21-18(23-13-15-3-7-16(19)8-4-15)22-12-11-14-5-9-17(10-6-14)26(20,24)25/h3-10H,2,11-13H2,1H3,(H2,20,24,25)(H2,21,22,23). The molecule has 26 heavy (non-hydrogen) atoms. The predicted molar refractivity (Wildman–Crippen MR) is 101 cm³/mol. The van der Waals surface area contributed by atoms with Crippen LogP contribution in [0.15, 0.2) is 58.4 Å². The van der Waals surface area contributed by atoms with Crippen LogP contribution in [0, 0.1) is 5.82 Å². The van der Waals surface area contributed by atoms with Crippen LogP contribution in [-0.2, 0) is 23.0 Å². The second-order valence-corrected chi connectivity index (χ2v) is 7.25. The van der Waals surface area contributed by atoms with Gasteiger partial charge in [-0.1, -0.05) is 24.3 Å². The molecule has 0 atom stereocenters. The molecule has 0 heterocycles. The molecular weight excluding hydrogens is 355 g/mol. The van der Waals surface area contributed by atoms with Crippen LogP contribution in [0.1, 0.15) is 18.1 Å². The van der Waals surface area contributed by atoms with Gasteiger partial charge < -0.3 is 10.6 Å². The van der Waals surface area contributed by atoms with Gasteiger partial charge in [-0.25, -0.2) is 22.9 Å². The molecule has 140 valence electrons. The van der Waals surface area contributed by atoms with Gasteiger partial charge in [-0.05, 0) is 48.7 Å². The first-order valence-electron chi connectivity index (χ1n) is 8.27. The highest BCUT2D eigenvalue weighted by Gasteiger charge is 2.06. The van der Waals surface area contributed by atoms with Gasteiger partial charge in [0.2, 0.25) is 10.0 Å². The Bertz CT molecular complexity index is 834. The van der Waals surface area contributed by atoms with Gasteiger partial charge in [0.05, 0.1) is 11.4 Å². The number of hydrogen-bond acceptors (Lipinski definition) is 3. The summed E-state index contributed by atoms with van der Waals surface area (Å²) in [5.41, 5.74) is 1.90. The molecular formula is C18H23FN4O2S. The first kappa shape index (κ1) is 19.9. The summed E-state index contributed by atoms with van der Waals surface area (Å²) >= 11 is 0. The lowest BCUT2D eigenvalue weighted by Crippen LogP contribution is -2.38. The van der Waals surface area contributed by atoms with Crippen LogP contribution in [0.5, 0.6) is 0 Å². The number of aliphatic imine (C=N–C) groups is 1. The number of halogens is 1. The SMILES string of the molecule is CCNC(=NCc1ccc(F)cc1)NCCc1ccc(S(N)(=O)=O)cc1. The average Bonchev–Trinajstić information content (AvgIpc) is 2.61. The third kappa shape index (κ3) is 6.45. The lowest BCUT2D eigenvalue weighted by atomic mass is 10.1. The van der Waals surface area contributed by atoms with Gasteiger partial charge in [0.1, 0.15) is 5.82 Å². The molecule has 0 aromatic heterocycles. The number of primary sulfonamides is 1. The summed E-state index contributed by atoms with van der Waals surface area (Å²) in [4.78, 5) is 4.57. The van der Waals surface area contributed by atoms with Crippen LogP contribution in [-0.4, -0.2) is 27.5 Å². The monoisotopic (exact) mass is 378 g/mol. The number of nitrogens with one attached hydrogen (secondary N) is 2. The van der Waals surface area contributed by atoms with Crippen molar-refractivity contribution in [3.8, 4) is 0 Å². The molecule has 2 aromatic rings. The number of nitrogens with two attached hydrogens (primary N) is 1. The predicted octanol–water partition coefficient (Wildman–Crippen LogP) is 1.77. The molecule has 4 N–H and O–H groups in total. The fourth-order valence-corrected chi connectivity index (χ4v) is 2.79. The summed E-state index contributed by atoms with van der Waals surface area (Å²) in [6.07, 6.45) is 0.700. The Hall–Kier alpha value is -2.45. The van der Waals surface area contributed by atoms with Crippen molar-refractivity contribution in [3.05, 3.63) is 65.5 Å². The third-order valence-electron chi connectivity index (χ3n) is 3.64. The molecule has 2 rings (SSSR count). The number of hydrogen-bond donors (Lipinski definition) is 3. The molecule has 2 aromatic carbocycles. The Kier molecular flexibility index (Phi) is 7.11. The van der Waals surface area contributed by atoms with Gasteiger partial charge in [0, 0.05) is 13.1 Å². The Morgan fingerprint density at radius 2 is 1.65 bits per heavy atom. The molecule has 0 radical (unpaired) electrons. The molecule has 0 spiro atoms. The maximum atomic E-state index is 12.9. The molecule has 0 bridgehead atoms. The zero-order valence-corrected chi connectivity index (χ0v) is 15.4.